The van der Waals surface area contributed by atoms with E-state index in [1.54, 1.807) is 12.1 Å². The lowest BCUT2D eigenvalue weighted by Gasteiger charge is -2.07. The Morgan fingerprint density at radius 3 is 2.32 bits per heavy atom. The Hall–Kier alpha value is -1.33. The summed E-state index contributed by atoms with van der Waals surface area (Å²) in [5, 5.41) is 0. The van der Waals surface area contributed by atoms with E-state index in [1.807, 2.05) is 13.8 Å². The van der Waals surface area contributed by atoms with Crippen molar-refractivity contribution in [1.29, 1.82) is 0 Å². The molecule has 104 valence electrons. The average Bonchev–Trinajstić information content (AvgIpc) is 2.33. The minimum atomic E-state index is -3.68. The van der Waals surface area contributed by atoms with E-state index in [2.05, 4.69) is 11.7 Å². The fraction of sp³-hybridized carbons (Fsp3) is 0.308. The van der Waals surface area contributed by atoms with Crippen molar-refractivity contribution in [2.24, 2.45) is 4.99 Å². The molecule has 1 rings (SSSR count). The number of ether oxygens (including phenoxy) is 1. The molecular weight excluding hydrogens is 286 g/mol. The Labute approximate surface area is 118 Å². The normalized spacial score (nSPS) is 10.9. The summed E-state index contributed by atoms with van der Waals surface area (Å²) in [7, 11) is 1.53. The summed E-state index contributed by atoms with van der Waals surface area (Å²) in [5.41, 5.74) is 2.00. The molecule has 0 heterocycles. The van der Waals surface area contributed by atoms with Gasteiger partial charge in [0, 0.05) is 22.8 Å². The van der Waals surface area contributed by atoms with Gasteiger partial charge in [-0.15, -0.1) is 0 Å². The third kappa shape index (κ3) is 5.04. The summed E-state index contributed by atoms with van der Waals surface area (Å²) in [6.45, 7) is 7.88. The number of hydrogen-bond acceptors (Lipinski definition) is 4. The molecule has 0 radical (unpaired) electrons. The Bertz CT molecular complexity index is 572. The van der Waals surface area contributed by atoms with Crippen LogP contribution in [0.25, 0.3) is 0 Å². The number of benzene rings is 1. The van der Waals surface area contributed by atoms with Crippen molar-refractivity contribution < 1.29 is 13.2 Å². The van der Waals surface area contributed by atoms with E-state index in [0.29, 0.717) is 18.8 Å². The molecule has 4 nitrogen and oxygen atoms in total. The van der Waals surface area contributed by atoms with Crippen molar-refractivity contribution in [3.05, 3.63) is 35.5 Å². The Morgan fingerprint density at radius 1 is 1.32 bits per heavy atom. The molecular formula is C13H16ClNO3S. The maximum absolute atomic E-state index is 11.1. The van der Waals surface area contributed by atoms with Crippen LogP contribution in [0.15, 0.2) is 45.4 Å². The average molecular weight is 302 g/mol. The minimum absolute atomic E-state index is 0.0549. The maximum atomic E-state index is 11.1. The summed E-state index contributed by atoms with van der Waals surface area (Å²) in [6, 6.07) is 5.95. The van der Waals surface area contributed by atoms with E-state index in [-0.39, 0.29) is 4.90 Å². The quantitative estimate of drug-likeness (QED) is 0.598. The summed E-state index contributed by atoms with van der Waals surface area (Å²) < 4.78 is 27.6. The highest BCUT2D eigenvalue weighted by Gasteiger charge is 2.09. The first kappa shape index (κ1) is 15.7. The van der Waals surface area contributed by atoms with Crippen LogP contribution in [0, 0.1) is 0 Å². The summed E-state index contributed by atoms with van der Waals surface area (Å²) in [4.78, 5) is 3.97. The monoisotopic (exact) mass is 301 g/mol. The van der Waals surface area contributed by atoms with Crippen molar-refractivity contribution >= 4 is 26.5 Å². The lowest BCUT2D eigenvalue weighted by atomic mass is 10.2. The molecule has 0 bridgehead atoms. The van der Waals surface area contributed by atoms with Crippen molar-refractivity contribution in [2.45, 2.75) is 25.2 Å². The number of aliphatic imine (C=N–C) groups is 1. The second-order valence-electron chi connectivity index (χ2n) is 4.11. The van der Waals surface area contributed by atoms with Crippen molar-refractivity contribution in [2.75, 3.05) is 6.61 Å². The van der Waals surface area contributed by atoms with Gasteiger partial charge >= 0.3 is 0 Å². The smallest absolute Gasteiger partial charge is 0.261 e. The third-order valence-electron chi connectivity index (χ3n) is 2.48. The van der Waals surface area contributed by atoms with Gasteiger partial charge in [0.25, 0.3) is 9.05 Å². The van der Waals surface area contributed by atoms with Gasteiger partial charge in [0.2, 0.25) is 0 Å². The standard InChI is InChI=1S/C13H16ClNO3S/c1-10(2)13(15-3)8-9-18-11-4-6-12(7-5-11)19(14,16)17/h4-7H,3,8-9H2,1-2H3. The molecule has 19 heavy (non-hydrogen) atoms. The third-order valence-corrected chi connectivity index (χ3v) is 3.85. The van der Waals surface area contributed by atoms with Crippen LogP contribution in [0.2, 0.25) is 0 Å². The minimum Gasteiger partial charge on any atom is -0.493 e. The molecule has 0 unspecified atom stereocenters. The van der Waals surface area contributed by atoms with Crippen LogP contribution < -0.4 is 4.74 Å². The molecule has 1 aromatic rings. The van der Waals surface area contributed by atoms with Gasteiger partial charge in [-0.2, -0.15) is 0 Å². The highest BCUT2D eigenvalue weighted by atomic mass is 35.7. The van der Waals surface area contributed by atoms with Gasteiger partial charge in [-0.1, -0.05) is 5.57 Å². The van der Waals surface area contributed by atoms with Crippen molar-refractivity contribution in [1.82, 2.24) is 0 Å². The zero-order valence-corrected chi connectivity index (χ0v) is 12.5. The maximum Gasteiger partial charge on any atom is 0.261 e. The molecule has 0 saturated carbocycles. The molecule has 0 aliphatic heterocycles. The largest absolute Gasteiger partial charge is 0.493 e. The highest BCUT2D eigenvalue weighted by Crippen LogP contribution is 2.19. The lowest BCUT2D eigenvalue weighted by Crippen LogP contribution is -1.99. The topological polar surface area (TPSA) is 55.7 Å². The van der Waals surface area contributed by atoms with Crippen LogP contribution in [-0.4, -0.2) is 21.7 Å². The van der Waals surface area contributed by atoms with Gasteiger partial charge in [-0.3, -0.25) is 4.99 Å². The molecule has 0 N–H and O–H groups in total. The molecule has 0 atom stereocenters. The number of allylic oxidation sites excluding steroid dienone is 1. The first-order chi connectivity index (χ1) is 8.84. The summed E-state index contributed by atoms with van der Waals surface area (Å²) in [6.07, 6.45) is 0.654. The molecule has 0 fully saturated rings. The van der Waals surface area contributed by atoms with E-state index >= 15 is 0 Å². The summed E-state index contributed by atoms with van der Waals surface area (Å²) in [5.74, 6) is 0.584. The van der Waals surface area contributed by atoms with Crippen molar-refractivity contribution in [3.63, 3.8) is 0 Å². The van der Waals surface area contributed by atoms with Crippen LogP contribution in [-0.2, 0) is 9.05 Å². The molecule has 0 spiro atoms. The predicted molar refractivity (Wildman–Crippen MR) is 77.5 cm³/mol. The first-order valence-corrected chi connectivity index (χ1v) is 7.96. The van der Waals surface area contributed by atoms with Crippen LogP contribution in [0.5, 0.6) is 5.75 Å². The Kier molecular flexibility index (Phi) is 5.57. The highest BCUT2D eigenvalue weighted by molar-refractivity contribution is 8.13. The lowest BCUT2D eigenvalue weighted by molar-refractivity contribution is 0.320. The zero-order chi connectivity index (χ0) is 14.5. The molecule has 0 aliphatic carbocycles. The van der Waals surface area contributed by atoms with E-state index in [0.717, 1.165) is 11.3 Å². The fourth-order valence-electron chi connectivity index (χ4n) is 1.45. The van der Waals surface area contributed by atoms with Gasteiger partial charge < -0.3 is 4.74 Å². The molecule has 0 aliphatic rings. The van der Waals surface area contributed by atoms with E-state index in [9.17, 15) is 8.42 Å². The molecule has 6 heteroatoms. The van der Waals surface area contributed by atoms with Crippen LogP contribution in [0.3, 0.4) is 0 Å². The van der Waals surface area contributed by atoms with Crippen LogP contribution in [0.1, 0.15) is 20.3 Å². The molecule has 0 aromatic heterocycles. The van der Waals surface area contributed by atoms with E-state index < -0.39 is 9.05 Å². The molecule has 0 saturated heterocycles. The predicted octanol–water partition coefficient (Wildman–Crippen LogP) is 3.38. The van der Waals surface area contributed by atoms with Gasteiger partial charge in [-0.25, -0.2) is 8.42 Å². The molecule has 1 aromatic carbocycles. The number of nitrogens with zero attached hydrogens (tertiary/aromatic N) is 1. The van der Waals surface area contributed by atoms with E-state index in [4.69, 9.17) is 15.4 Å². The van der Waals surface area contributed by atoms with Crippen molar-refractivity contribution in [3.8, 4) is 5.75 Å². The SMILES string of the molecule is C=NC(CCOc1ccc(S(=O)(=O)Cl)cc1)=C(C)C. The molecule has 0 amide bonds. The Morgan fingerprint density at radius 2 is 1.89 bits per heavy atom. The number of halogens is 1. The van der Waals surface area contributed by atoms with Crippen LogP contribution >= 0.6 is 10.7 Å². The zero-order valence-electron chi connectivity index (χ0n) is 10.9. The number of rotatable bonds is 6. The van der Waals surface area contributed by atoms with Gasteiger partial charge in [0.05, 0.1) is 11.5 Å². The number of hydrogen-bond donors (Lipinski definition) is 0. The fourth-order valence-corrected chi connectivity index (χ4v) is 2.22. The van der Waals surface area contributed by atoms with E-state index in [1.165, 1.54) is 12.1 Å². The Balaban J connectivity index is 2.61. The van der Waals surface area contributed by atoms with Gasteiger partial charge in [-0.05, 0) is 44.8 Å². The first-order valence-electron chi connectivity index (χ1n) is 5.65. The second-order valence-corrected chi connectivity index (χ2v) is 6.68. The second kappa shape index (κ2) is 6.73. The van der Waals surface area contributed by atoms with Gasteiger partial charge in [0.15, 0.2) is 0 Å². The van der Waals surface area contributed by atoms with Crippen LogP contribution in [0.4, 0.5) is 0 Å². The van der Waals surface area contributed by atoms with Gasteiger partial charge in [0.1, 0.15) is 5.75 Å². The summed E-state index contributed by atoms with van der Waals surface area (Å²) >= 11 is 0.